The number of hydrogen-bond donors (Lipinski definition) is 1. The summed E-state index contributed by atoms with van der Waals surface area (Å²) in [6, 6.07) is 3.11. The van der Waals surface area contributed by atoms with Crippen LogP contribution >= 0.6 is 11.6 Å². The molecular formula is C17H19ClFN3O4S. The van der Waals surface area contributed by atoms with Crippen molar-refractivity contribution >= 4 is 21.6 Å². The smallest absolute Gasteiger partial charge is 0.240 e. The number of aromatic nitrogens is 2. The number of methoxy groups -OCH3 is 1. The van der Waals surface area contributed by atoms with Gasteiger partial charge in [-0.3, -0.25) is 4.98 Å². The Balaban J connectivity index is 1.56. The van der Waals surface area contributed by atoms with E-state index in [4.69, 9.17) is 21.1 Å². The van der Waals surface area contributed by atoms with Gasteiger partial charge in [-0.05, 0) is 43.9 Å². The fourth-order valence-electron chi connectivity index (χ4n) is 2.89. The summed E-state index contributed by atoms with van der Waals surface area (Å²) in [5.41, 5.74) is 0. The second-order valence-corrected chi connectivity index (χ2v) is 8.31. The molecule has 3 rings (SSSR count). The van der Waals surface area contributed by atoms with Crippen LogP contribution in [0.2, 0.25) is 5.02 Å². The first kappa shape index (κ1) is 19.8. The SMILES string of the molecule is COc1cncc(OC2CCC(NS(=O)(=O)c3ccc(F)c(Cl)c3)CC2)n1. The van der Waals surface area contributed by atoms with Gasteiger partial charge < -0.3 is 9.47 Å². The first-order valence-corrected chi connectivity index (χ1v) is 10.2. The van der Waals surface area contributed by atoms with E-state index in [0.29, 0.717) is 37.4 Å². The van der Waals surface area contributed by atoms with Crippen LogP contribution in [0.15, 0.2) is 35.5 Å². The van der Waals surface area contributed by atoms with E-state index in [2.05, 4.69) is 14.7 Å². The summed E-state index contributed by atoms with van der Waals surface area (Å²) < 4.78 is 51.6. The predicted molar refractivity (Wildman–Crippen MR) is 97.0 cm³/mol. The molecular weight excluding hydrogens is 397 g/mol. The molecule has 1 aromatic heterocycles. The summed E-state index contributed by atoms with van der Waals surface area (Å²) in [5.74, 6) is 0.0835. The normalized spacial score (nSPS) is 20.3. The second-order valence-electron chi connectivity index (χ2n) is 6.19. The zero-order valence-corrected chi connectivity index (χ0v) is 16.1. The first-order chi connectivity index (χ1) is 12.9. The lowest BCUT2D eigenvalue weighted by Crippen LogP contribution is -2.39. The fourth-order valence-corrected chi connectivity index (χ4v) is 4.46. The van der Waals surface area contributed by atoms with Crippen LogP contribution in [0.5, 0.6) is 11.8 Å². The Hall–Kier alpha value is -1.97. The zero-order chi connectivity index (χ0) is 19.4. The van der Waals surface area contributed by atoms with Crippen LogP contribution in [-0.2, 0) is 10.0 Å². The fraction of sp³-hybridized carbons (Fsp3) is 0.412. The highest BCUT2D eigenvalue weighted by Gasteiger charge is 2.27. The van der Waals surface area contributed by atoms with Crippen molar-refractivity contribution in [2.45, 2.75) is 42.7 Å². The third kappa shape index (κ3) is 5.06. The molecule has 1 aliphatic carbocycles. The molecule has 0 unspecified atom stereocenters. The van der Waals surface area contributed by atoms with Gasteiger partial charge in [-0.2, -0.15) is 4.98 Å². The topological polar surface area (TPSA) is 90.4 Å². The van der Waals surface area contributed by atoms with Crippen LogP contribution in [0.1, 0.15) is 25.7 Å². The number of benzene rings is 1. The Morgan fingerprint density at radius 2 is 1.89 bits per heavy atom. The average molecular weight is 416 g/mol. The third-order valence-corrected chi connectivity index (χ3v) is 6.09. The highest BCUT2D eigenvalue weighted by atomic mass is 35.5. The number of rotatable bonds is 6. The van der Waals surface area contributed by atoms with E-state index in [0.717, 1.165) is 12.1 Å². The number of sulfonamides is 1. The molecule has 1 N–H and O–H groups in total. The molecule has 0 radical (unpaired) electrons. The van der Waals surface area contributed by atoms with Crippen LogP contribution in [0.3, 0.4) is 0 Å². The standard InChI is InChI=1S/C17H19ClFN3O4S/c1-25-16-9-20-10-17(21-16)26-12-4-2-11(3-5-12)22-27(23,24)13-6-7-15(19)14(18)8-13/h6-12,22H,2-5H2,1H3. The summed E-state index contributed by atoms with van der Waals surface area (Å²) in [4.78, 5) is 8.09. The van der Waals surface area contributed by atoms with E-state index in [9.17, 15) is 12.8 Å². The molecule has 0 spiro atoms. The quantitative estimate of drug-likeness (QED) is 0.780. The van der Waals surface area contributed by atoms with Crippen molar-refractivity contribution in [3.63, 3.8) is 0 Å². The molecule has 1 heterocycles. The van der Waals surface area contributed by atoms with Crippen molar-refractivity contribution in [3.05, 3.63) is 41.4 Å². The largest absolute Gasteiger partial charge is 0.480 e. The van der Waals surface area contributed by atoms with E-state index >= 15 is 0 Å². The Kier molecular flexibility index (Phi) is 6.13. The van der Waals surface area contributed by atoms with Gasteiger partial charge in [-0.15, -0.1) is 0 Å². The van der Waals surface area contributed by atoms with Gasteiger partial charge in [0.25, 0.3) is 0 Å². The zero-order valence-electron chi connectivity index (χ0n) is 14.6. The van der Waals surface area contributed by atoms with Crippen LogP contribution in [0, 0.1) is 5.82 Å². The lowest BCUT2D eigenvalue weighted by Gasteiger charge is -2.29. The van der Waals surface area contributed by atoms with Crippen molar-refractivity contribution < 1.29 is 22.3 Å². The van der Waals surface area contributed by atoms with Gasteiger partial charge in [0.15, 0.2) is 0 Å². The van der Waals surface area contributed by atoms with E-state index < -0.39 is 15.8 Å². The van der Waals surface area contributed by atoms with Crippen molar-refractivity contribution in [1.29, 1.82) is 0 Å². The Morgan fingerprint density at radius 3 is 2.56 bits per heavy atom. The lowest BCUT2D eigenvalue weighted by molar-refractivity contribution is 0.136. The summed E-state index contributed by atoms with van der Waals surface area (Å²) >= 11 is 5.68. The van der Waals surface area contributed by atoms with Gasteiger partial charge in [0, 0.05) is 6.04 Å². The van der Waals surface area contributed by atoms with Gasteiger partial charge in [0.1, 0.15) is 11.9 Å². The molecule has 1 aliphatic rings. The van der Waals surface area contributed by atoms with Crippen LogP contribution < -0.4 is 14.2 Å². The molecule has 0 atom stereocenters. The lowest BCUT2D eigenvalue weighted by atomic mass is 9.94. The summed E-state index contributed by atoms with van der Waals surface area (Å²) in [5, 5.41) is -0.227. The molecule has 27 heavy (non-hydrogen) atoms. The number of nitrogens with zero attached hydrogens (tertiary/aromatic N) is 2. The maximum Gasteiger partial charge on any atom is 0.240 e. The molecule has 1 aromatic carbocycles. The maximum atomic E-state index is 13.2. The number of ether oxygens (including phenoxy) is 2. The molecule has 146 valence electrons. The third-order valence-electron chi connectivity index (χ3n) is 4.28. The van der Waals surface area contributed by atoms with Crippen molar-refractivity contribution in [2.75, 3.05) is 7.11 Å². The Labute approximate surface area is 161 Å². The predicted octanol–water partition coefficient (Wildman–Crippen LogP) is 2.95. The summed E-state index contributed by atoms with van der Waals surface area (Å²) in [7, 11) is -2.27. The van der Waals surface area contributed by atoms with E-state index in [-0.39, 0.29) is 22.1 Å². The maximum absolute atomic E-state index is 13.2. The average Bonchev–Trinajstić information content (AvgIpc) is 2.65. The summed E-state index contributed by atoms with van der Waals surface area (Å²) in [6.07, 6.45) is 5.46. The monoisotopic (exact) mass is 415 g/mol. The van der Waals surface area contributed by atoms with Crippen LogP contribution in [0.25, 0.3) is 0 Å². The number of hydrogen-bond acceptors (Lipinski definition) is 6. The molecule has 0 bridgehead atoms. The second kappa shape index (κ2) is 8.37. The molecule has 0 saturated heterocycles. The van der Waals surface area contributed by atoms with E-state index in [1.165, 1.54) is 25.6 Å². The number of nitrogens with one attached hydrogen (secondary N) is 1. The van der Waals surface area contributed by atoms with Crippen LogP contribution in [0.4, 0.5) is 4.39 Å². The first-order valence-electron chi connectivity index (χ1n) is 8.37. The van der Waals surface area contributed by atoms with Crippen molar-refractivity contribution in [2.24, 2.45) is 0 Å². The van der Waals surface area contributed by atoms with Crippen molar-refractivity contribution in [3.8, 4) is 11.8 Å². The molecule has 0 amide bonds. The molecule has 2 aromatic rings. The number of halogens is 2. The van der Waals surface area contributed by atoms with Gasteiger partial charge >= 0.3 is 0 Å². The van der Waals surface area contributed by atoms with Crippen LogP contribution in [-0.4, -0.2) is 37.6 Å². The minimum atomic E-state index is -3.77. The molecule has 1 saturated carbocycles. The van der Waals surface area contributed by atoms with Gasteiger partial charge in [-0.25, -0.2) is 17.5 Å². The molecule has 1 fully saturated rings. The van der Waals surface area contributed by atoms with Gasteiger partial charge in [0.2, 0.25) is 21.8 Å². The van der Waals surface area contributed by atoms with E-state index in [1.807, 2.05) is 0 Å². The Morgan fingerprint density at radius 1 is 1.19 bits per heavy atom. The molecule has 0 aliphatic heterocycles. The van der Waals surface area contributed by atoms with Crippen molar-refractivity contribution in [1.82, 2.24) is 14.7 Å². The highest BCUT2D eigenvalue weighted by molar-refractivity contribution is 7.89. The Bertz CT molecular complexity index is 905. The molecule has 7 nitrogen and oxygen atoms in total. The van der Waals surface area contributed by atoms with Gasteiger partial charge in [0.05, 0.1) is 29.4 Å². The van der Waals surface area contributed by atoms with Gasteiger partial charge in [-0.1, -0.05) is 11.6 Å². The molecule has 10 heteroatoms. The summed E-state index contributed by atoms with van der Waals surface area (Å²) in [6.45, 7) is 0. The minimum absolute atomic E-state index is 0.0565. The minimum Gasteiger partial charge on any atom is -0.480 e. The van der Waals surface area contributed by atoms with E-state index in [1.54, 1.807) is 0 Å². The highest BCUT2D eigenvalue weighted by Crippen LogP contribution is 2.25.